The van der Waals surface area contributed by atoms with Gasteiger partial charge in [0.25, 0.3) is 0 Å². The minimum absolute atomic E-state index is 1.02. The van der Waals surface area contributed by atoms with E-state index in [-0.39, 0.29) is 0 Å². The molecule has 0 aromatic rings. The summed E-state index contributed by atoms with van der Waals surface area (Å²) in [5.41, 5.74) is 8.58. The van der Waals surface area contributed by atoms with Crippen molar-refractivity contribution in [3.63, 3.8) is 0 Å². The predicted molar refractivity (Wildman–Crippen MR) is 89.8 cm³/mol. The Morgan fingerprint density at radius 1 is 0.714 bits per heavy atom. The maximum Gasteiger partial charge on any atom is -0.00700 e. The average Bonchev–Trinajstić information content (AvgIpc) is 2.63. The minimum atomic E-state index is 1.02. The number of allylic oxidation sites excluding steroid dienone is 18. The van der Waals surface area contributed by atoms with Gasteiger partial charge in [0.2, 0.25) is 0 Å². The highest BCUT2D eigenvalue weighted by molar-refractivity contribution is 5.76. The van der Waals surface area contributed by atoms with Crippen LogP contribution in [0.15, 0.2) is 106 Å². The molecule has 0 N–H and O–H groups in total. The monoisotopic (exact) mass is 270 g/mol. The third kappa shape index (κ3) is 2.08. The predicted octanol–water partition coefficient (Wildman–Crippen LogP) is 5.44. The quantitative estimate of drug-likeness (QED) is 0.550. The number of hydrogen-bond donors (Lipinski definition) is 0. The Morgan fingerprint density at radius 2 is 1.62 bits per heavy atom. The molecule has 0 unspecified atom stereocenters. The molecule has 0 saturated heterocycles. The number of rotatable bonds is 0. The molecule has 4 aliphatic rings. The van der Waals surface area contributed by atoms with Crippen molar-refractivity contribution in [2.75, 3.05) is 0 Å². The molecule has 0 heteroatoms. The summed E-state index contributed by atoms with van der Waals surface area (Å²) >= 11 is 0. The second-order valence-electron chi connectivity index (χ2n) is 5.66. The molecule has 0 bridgehead atoms. The van der Waals surface area contributed by atoms with Crippen LogP contribution in [-0.4, -0.2) is 0 Å². The summed E-state index contributed by atoms with van der Waals surface area (Å²) in [5, 5.41) is 0. The van der Waals surface area contributed by atoms with Crippen molar-refractivity contribution in [3.8, 4) is 0 Å². The van der Waals surface area contributed by atoms with Gasteiger partial charge in [-0.15, -0.1) is 0 Å². The number of fused-ring (bicyclic) bond motifs is 2. The lowest BCUT2D eigenvalue weighted by atomic mass is 9.88. The summed E-state index contributed by atoms with van der Waals surface area (Å²) < 4.78 is 0. The summed E-state index contributed by atoms with van der Waals surface area (Å²) in [6.45, 7) is 0. The van der Waals surface area contributed by atoms with Crippen LogP contribution in [0.5, 0.6) is 0 Å². The molecule has 102 valence electrons. The molecule has 0 radical (unpaired) electrons. The van der Waals surface area contributed by atoms with E-state index in [1.54, 1.807) is 0 Å². The topological polar surface area (TPSA) is 0 Å². The van der Waals surface area contributed by atoms with Crippen molar-refractivity contribution >= 4 is 0 Å². The average molecular weight is 270 g/mol. The maximum atomic E-state index is 2.30. The van der Waals surface area contributed by atoms with Gasteiger partial charge in [-0.1, -0.05) is 72.9 Å². The summed E-state index contributed by atoms with van der Waals surface area (Å²) in [5.74, 6) is 0. The third-order valence-corrected chi connectivity index (χ3v) is 4.39. The maximum absolute atomic E-state index is 2.30. The van der Waals surface area contributed by atoms with E-state index in [0.29, 0.717) is 0 Å². The molecule has 0 aromatic carbocycles. The molecule has 0 heterocycles. The Bertz CT molecular complexity index is 750. The van der Waals surface area contributed by atoms with Crippen LogP contribution in [0.3, 0.4) is 0 Å². The van der Waals surface area contributed by atoms with E-state index in [2.05, 4.69) is 72.9 Å². The molecule has 4 rings (SSSR count). The molecule has 0 nitrogen and oxygen atoms in total. The van der Waals surface area contributed by atoms with E-state index >= 15 is 0 Å². The van der Waals surface area contributed by atoms with Gasteiger partial charge in [-0.05, 0) is 52.7 Å². The molecule has 0 saturated carbocycles. The molecule has 0 amide bonds. The Labute approximate surface area is 126 Å². The SMILES string of the molecule is C1=CCC2=C(C=C1)C1=C3C(=C/C=C\C=C/1)\CC/C=C\C=C\23. The van der Waals surface area contributed by atoms with Crippen LogP contribution in [0.25, 0.3) is 0 Å². The molecule has 0 fully saturated rings. The first kappa shape index (κ1) is 12.4. The first-order valence-electron chi connectivity index (χ1n) is 7.68. The normalized spacial score (nSPS) is 32.4. The summed E-state index contributed by atoms with van der Waals surface area (Å²) in [6, 6.07) is 0. The van der Waals surface area contributed by atoms with Gasteiger partial charge in [0.05, 0.1) is 0 Å². The Kier molecular flexibility index (Phi) is 3.08. The third-order valence-electron chi connectivity index (χ3n) is 4.39. The van der Waals surface area contributed by atoms with Gasteiger partial charge < -0.3 is 0 Å². The molecule has 0 aromatic heterocycles. The number of hydrogen-bond acceptors (Lipinski definition) is 0. The van der Waals surface area contributed by atoms with Crippen molar-refractivity contribution in [2.24, 2.45) is 0 Å². The van der Waals surface area contributed by atoms with E-state index in [0.717, 1.165) is 19.3 Å². The van der Waals surface area contributed by atoms with Crippen LogP contribution in [0, 0.1) is 0 Å². The molecule has 0 atom stereocenters. The van der Waals surface area contributed by atoms with E-state index in [1.807, 2.05) is 0 Å². The molecule has 0 spiro atoms. The van der Waals surface area contributed by atoms with Gasteiger partial charge in [-0.25, -0.2) is 0 Å². The fourth-order valence-electron chi connectivity index (χ4n) is 3.45. The second kappa shape index (κ2) is 5.21. The lowest BCUT2D eigenvalue weighted by Crippen LogP contribution is -1.98. The zero-order valence-corrected chi connectivity index (χ0v) is 12.0. The van der Waals surface area contributed by atoms with Crippen LogP contribution >= 0.6 is 0 Å². The smallest absolute Gasteiger partial charge is 0.00700 e. The molecule has 0 aliphatic heterocycles. The Balaban J connectivity index is 1.99. The van der Waals surface area contributed by atoms with E-state index in [1.165, 1.54) is 33.4 Å². The largest absolute Gasteiger partial charge is 0.0842 e. The van der Waals surface area contributed by atoms with Gasteiger partial charge in [0.1, 0.15) is 0 Å². The molecular weight excluding hydrogens is 252 g/mol. The van der Waals surface area contributed by atoms with Gasteiger partial charge in [0.15, 0.2) is 0 Å². The summed E-state index contributed by atoms with van der Waals surface area (Å²) in [6.07, 6.45) is 29.9. The zero-order chi connectivity index (χ0) is 14.1. The summed E-state index contributed by atoms with van der Waals surface area (Å²) in [4.78, 5) is 0. The van der Waals surface area contributed by atoms with Crippen molar-refractivity contribution in [2.45, 2.75) is 19.3 Å². The van der Waals surface area contributed by atoms with Crippen LogP contribution in [-0.2, 0) is 0 Å². The van der Waals surface area contributed by atoms with Crippen LogP contribution in [0.4, 0.5) is 0 Å². The lowest BCUT2D eigenvalue weighted by molar-refractivity contribution is 0.981. The van der Waals surface area contributed by atoms with Gasteiger partial charge in [0, 0.05) is 0 Å². The fraction of sp³-hybridized carbons (Fsp3) is 0.143. The van der Waals surface area contributed by atoms with Crippen LogP contribution < -0.4 is 0 Å². The van der Waals surface area contributed by atoms with E-state index < -0.39 is 0 Å². The first-order valence-corrected chi connectivity index (χ1v) is 7.68. The van der Waals surface area contributed by atoms with Crippen molar-refractivity contribution < 1.29 is 0 Å². The molecule has 21 heavy (non-hydrogen) atoms. The van der Waals surface area contributed by atoms with Crippen LogP contribution in [0.2, 0.25) is 0 Å². The molecule has 4 aliphatic carbocycles. The van der Waals surface area contributed by atoms with E-state index in [4.69, 9.17) is 0 Å². The highest BCUT2D eigenvalue weighted by Gasteiger charge is 2.28. The van der Waals surface area contributed by atoms with Crippen molar-refractivity contribution in [3.05, 3.63) is 106 Å². The van der Waals surface area contributed by atoms with E-state index in [9.17, 15) is 0 Å². The van der Waals surface area contributed by atoms with Gasteiger partial charge in [-0.3, -0.25) is 0 Å². The van der Waals surface area contributed by atoms with Crippen molar-refractivity contribution in [1.29, 1.82) is 0 Å². The highest BCUT2D eigenvalue weighted by atomic mass is 14.3. The van der Waals surface area contributed by atoms with Crippen molar-refractivity contribution in [1.82, 2.24) is 0 Å². The summed E-state index contributed by atoms with van der Waals surface area (Å²) in [7, 11) is 0. The standard InChI is InChI=1S/C21H18/c1-4-10-16-11-5-2-9-15-20-18-13-7-3-6-12-17(18)19(14-8-1)21(16)20/h1-4,6-10,12,14-15H,5,11,13H2/b4-1-,8-1?,9-2-,10-4?,14-8-,16-10-,19-14?,20-15-,21-16?. The minimum Gasteiger partial charge on any atom is -0.0842 e. The first-order chi connectivity index (χ1) is 10.4. The molecular formula is C21H18. The lowest BCUT2D eigenvalue weighted by Gasteiger charge is -2.16. The second-order valence-corrected chi connectivity index (χ2v) is 5.66. The van der Waals surface area contributed by atoms with Gasteiger partial charge in [-0.2, -0.15) is 0 Å². The fourth-order valence-corrected chi connectivity index (χ4v) is 3.45. The Morgan fingerprint density at radius 3 is 2.62 bits per heavy atom. The zero-order valence-electron chi connectivity index (χ0n) is 12.0. The highest BCUT2D eigenvalue weighted by Crippen LogP contribution is 2.46. The Hall–Kier alpha value is -2.34. The van der Waals surface area contributed by atoms with Gasteiger partial charge >= 0.3 is 0 Å². The van der Waals surface area contributed by atoms with Crippen LogP contribution in [0.1, 0.15) is 19.3 Å².